The average Bonchev–Trinajstić information content (AvgIpc) is 2.76. The van der Waals surface area contributed by atoms with Crippen LogP contribution in [0.5, 0.6) is 0 Å². The number of imidazole rings is 1. The van der Waals surface area contributed by atoms with Gasteiger partial charge < -0.3 is 9.30 Å². The fourth-order valence-electron chi connectivity index (χ4n) is 2.76. The molecule has 19 heavy (non-hydrogen) atoms. The van der Waals surface area contributed by atoms with Gasteiger partial charge >= 0.3 is 0 Å². The molecule has 4 nitrogen and oxygen atoms in total. The molecule has 0 aliphatic carbocycles. The molecule has 1 aliphatic rings. The molecular weight excluding hydrogens is 240 g/mol. The number of ether oxygens (including phenoxy) is 1. The minimum Gasteiger partial charge on any atom is -0.381 e. The van der Waals surface area contributed by atoms with Crippen molar-refractivity contribution in [3.05, 3.63) is 29.6 Å². The van der Waals surface area contributed by atoms with Crippen LogP contribution in [0, 0.1) is 0 Å². The van der Waals surface area contributed by atoms with Crippen molar-refractivity contribution >= 4 is 16.8 Å². The van der Waals surface area contributed by atoms with Gasteiger partial charge in [0.1, 0.15) is 5.82 Å². The molecule has 0 N–H and O–H groups in total. The third-order valence-corrected chi connectivity index (χ3v) is 3.91. The van der Waals surface area contributed by atoms with Crippen LogP contribution in [0.2, 0.25) is 0 Å². The van der Waals surface area contributed by atoms with Gasteiger partial charge in [-0.25, -0.2) is 4.98 Å². The minimum atomic E-state index is 0.0835. The molecule has 1 aromatic heterocycles. The Morgan fingerprint density at radius 2 is 2.11 bits per heavy atom. The van der Waals surface area contributed by atoms with Crippen molar-refractivity contribution in [3.8, 4) is 0 Å². The summed E-state index contributed by atoms with van der Waals surface area (Å²) >= 11 is 0. The van der Waals surface area contributed by atoms with Crippen LogP contribution in [0.1, 0.15) is 41.9 Å². The van der Waals surface area contributed by atoms with E-state index in [1.807, 2.05) is 25.2 Å². The Morgan fingerprint density at radius 1 is 1.37 bits per heavy atom. The SMILES string of the molecule is CC(=O)c1ccc2c(c1)nc(C1CCOCC1)n2C. The van der Waals surface area contributed by atoms with Gasteiger partial charge in [-0.3, -0.25) is 4.79 Å². The lowest BCUT2D eigenvalue weighted by atomic mass is 9.99. The molecule has 0 spiro atoms. The lowest BCUT2D eigenvalue weighted by molar-refractivity contribution is 0.0831. The van der Waals surface area contributed by atoms with E-state index < -0.39 is 0 Å². The minimum absolute atomic E-state index is 0.0835. The summed E-state index contributed by atoms with van der Waals surface area (Å²) in [4.78, 5) is 16.2. The Morgan fingerprint density at radius 3 is 2.79 bits per heavy atom. The highest BCUT2D eigenvalue weighted by Gasteiger charge is 2.21. The summed E-state index contributed by atoms with van der Waals surface area (Å²) in [6.45, 7) is 3.21. The lowest BCUT2D eigenvalue weighted by Gasteiger charge is -2.21. The standard InChI is InChI=1S/C15H18N2O2/c1-10(18)12-3-4-14-13(9-12)16-15(17(14)2)11-5-7-19-8-6-11/h3-4,9,11H,5-8H2,1-2H3. The van der Waals surface area contributed by atoms with E-state index in [9.17, 15) is 4.79 Å². The average molecular weight is 258 g/mol. The molecule has 0 amide bonds. The first-order valence-electron chi connectivity index (χ1n) is 6.72. The van der Waals surface area contributed by atoms with Gasteiger partial charge in [-0.1, -0.05) is 0 Å². The molecule has 0 bridgehead atoms. The molecule has 100 valence electrons. The molecule has 1 saturated heterocycles. The van der Waals surface area contributed by atoms with Gasteiger partial charge in [0.2, 0.25) is 0 Å². The Kier molecular flexibility index (Phi) is 3.11. The first-order chi connectivity index (χ1) is 9.16. The van der Waals surface area contributed by atoms with Crippen molar-refractivity contribution in [2.45, 2.75) is 25.7 Å². The predicted octanol–water partition coefficient (Wildman–Crippen LogP) is 2.67. The molecule has 0 saturated carbocycles. The largest absolute Gasteiger partial charge is 0.381 e. The highest BCUT2D eigenvalue weighted by Crippen LogP contribution is 2.28. The van der Waals surface area contributed by atoms with Crippen molar-refractivity contribution in [3.63, 3.8) is 0 Å². The molecular formula is C15H18N2O2. The number of Topliss-reactive ketones (excluding diaryl/α,β-unsaturated/α-hetero) is 1. The third-order valence-electron chi connectivity index (χ3n) is 3.91. The number of aromatic nitrogens is 2. The van der Waals surface area contributed by atoms with Crippen molar-refractivity contribution in [2.75, 3.05) is 13.2 Å². The van der Waals surface area contributed by atoms with E-state index in [4.69, 9.17) is 9.72 Å². The number of aryl methyl sites for hydroxylation is 1. The van der Waals surface area contributed by atoms with Crippen LogP contribution in [0.4, 0.5) is 0 Å². The number of nitrogens with zero attached hydrogens (tertiary/aromatic N) is 2. The molecule has 1 fully saturated rings. The van der Waals surface area contributed by atoms with Crippen molar-refractivity contribution in [1.29, 1.82) is 0 Å². The molecule has 2 heterocycles. The Bertz CT molecular complexity index is 624. The maximum absolute atomic E-state index is 11.4. The summed E-state index contributed by atoms with van der Waals surface area (Å²) in [5.41, 5.74) is 2.73. The van der Waals surface area contributed by atoms with E-state index in [2.05, 4.69) is 4.57 Å². The third kappa shape index (κ3) is 2.16. The number of rotatable bonds is 2. The molecule has 0 radical (unpaired) electrons. The number of carbonyl (C=O) groups is 1. The van der Waals surface area contributed by atoms with Crippen molar-refractivity contribution < 1.29 is 9.53 Å². The normalized spacial score (nSPS) is 16.9. The van der Waals surface area contributed by atoms with E-state index in [0.717, 1.165) is 48.5 Å². The maximum Gasteiger partial charge on any atom is 0.159 e. The zero-order valence-corrected chi connectivity index (χ0v) is 11.3. The number of hydrogen-bond donors (Lipinski definition) is 0. The van der Waals surface area contributed by atoms with Crippen LogP contribution < -0.4 is 0 Å². The zero-order valence-electron chi connectivity index (χ0n) is 11.3. The van der Waals surface area contributed by atoms with Gasteiger partial charge in [0, 0.05) is 31.7 Å². The fourth-order valence-corrected chi connectivity index (χ4v) is 2.76. The van der Waals surface area contributed by atoms with Crippen LogP contribution in [0.3, 0.4) is 0 Å². The maximum atomic E-state index is 11.4. The number of ketones is 1. The lowest BCUT2D eigenvalue weighted by Crippen LogP contribution is -2.17. The van der Waals surface area contributed by atoms with Crippen LogP contribution in [0.25, 0.3) is 11.0 Å². The first-order valence-corrected chi connectivity index (χ1v) is 6.72. The highest BCUT2D eigenvalue weighted by atomic mass is 16.5. The second kappa shape index (κ2) is 4.78. The monoisotopic (exact) mass is 258 g/mol. The first kappa shape index (κ1) is 12.4. The Labute approximate surface area is 112 Å². The van der Waals surface area contributed by atoms with Gasteiger partial charge in [-0.05, 0) is 38.0 Å². The van der Waals surface area contributed by atoms with Gasteiger partial charge in [-0.2, -0.15) is 0 Å². The summed E-state index contributed by atoms with van der Waals surface area (Å²) in [5, 5.41) is 0. The van der Waals surface area contributed by atoms with Gasteiger partial charge in [-0.15, -0.1) is 0 Å². The van der Waals surface area contributed by atoms with Crippen LogP contribution in [-0.2, 0) is 11.8 Å². The molecule has 2 aromatic rings. The molecule has 3 rings (SSSR count). The number of benzene rings is 1. The van der Waals surface area contributed by atoms with E-state index in [-0.39, 0.29) is 5.78 Å². The smallest absolute Gasteiger partial charge is 0.159 e. The quantitative estimate of drug-likeness (QED) is 0.778. The van der Waals surface area contributed by atoms with Crippen LogP contribution in [-0.4, -0.2) is 28.5 Å². The summed E-state index contributed by atoms with van der Waals surface area (Å²) < 4.78 is 7.55. The number of hydrogen-bond acceptors (Lipinski definition) is 3. The molecule has 0 atom stereocenters. The van der Waals surface area contributed by atoms with Gasteiger partial charge in [0.25, 0.3) is 0 Å². The fraction of sp³-hybridized carbons (Fsp3) is 0.467. The van der Waals surface area contributed by atoms with Crippen molar-refractivity contribution in [1.82, 2.24) is 9.55 Å². The second-order valence-corrected chi connectivity index (χ2v) is 5.18. The van der Waals surface area contributed by atoms with E-state index in [0.29, 0.717) is 5.92 Å². The molecule has 1 aliphatic heterocycles. The Hall–Kier alpha value is -1.68. The van der Waals surface area contributed by atoms with E-state index >= 15 is 0 Å². The zero-order chi connectivity index (χ0) is 13.4. The van der Waals surface area contributed by atoms with Crippen molar-refractivity contribution in [2.24, 2.45) is 7.05 Å². The van der Waals surface area contributed by atoms with Crippen LogP contribution >= 0.6 is 0 Å². The highest BCUT2D eigenvalue weighted by molar-refractivity contribution is 5.97. The Balaban J connectivity index is 2.06. The second-order valence-electron chi connectivity index (χ2n) is 5.18. The summed E-state index contributed by atoms with van der Waals surface area (Å²) in [5.74, 6) is 1.66. The van der Waals surface area contributed by atoms with Crippen LogP contribution in [0.15, 0.2) is 18.2 Å². The molecule has 0 unspecified atom stereocenters. The van der Waals surface area contributed by atoms with E-state index in [1.54, 1.807) is 6.92 Å². The van der Waals surface area contributed by atoms with E-state index in [1.165, 1.54) is 0 Å². The van der Waals surface area contributed by atoms with Gasteiger partial charge in [0.15, 0.2) is 5.78 Å². The predicted molar refractivity (Wildman–Crippen MR) is 73.5 cm³/mol. The summed E-state index contributed by atoms with van der Waals surface area (Å²) in [6.07, 6.45) is 2.05. The molecule has 4 heteroatoms. The number of fused-ring (bicyclic) bond motifs is 1. The molecule has 1 aromatic carbocycles. The van der Waals surface area contributed by atoms with Gasteiger partial charge in [0.05, 0.1) is 11.0 Å². The summed E-state index contributed by atoms with van der Waals surface area (Å²) in [6, 6.07) is 5.75. The number of carbonyl (C=O) groups excluding carboxylic acids is 1. The topological polar surface area (TPSA) is 44.1 Å². The summed E-state index contributed by atoms with van der Waals surface area (Å²) in [7, 11) is 2.05.